The van der Waals surface area contributed by atoms with E-state index >= 15 is 0 Å². The van der Waals surface area contributed by atoms with E-state index in [1.165, 1.54) is 0 Å². The van der Waals surface area contributed by atoms with Gasteiger partial charge in [0.05, 0.1) is 13.2 Å². The van der Waals surface area contributed by atoms with Gasteiger partial charge in [0.25, 0.3) is 0 Å². The lowest BCUT2D eigenvalue weighted by atomic mass is 9.99. The molecule has 5 rings (SSSR count). The molecule has 0 aliphatic carbocycles. The first-order valence-electron chi connectivity index (χ1n) is 12.6. The second-order valence-electron chi connectivity index (χ2n) is 9.41. The van der Waals surface area contributed by atoms with Crippen LogP contribution < -0.4 is 9.64 Å². The summed E-state index contributed by atoms with van der Waals surface area (Å²) in [5.41, 5.74) is 4.42. The first-order valence-corrected chi connectivity index (χ1v) is 12.9. The van der Waals surface area contributed by atoms with Crippen molar-refractivity contribution < 1.29 is 19.0 Å². The fourth-order valence-electron chi connectivity index (χ4n) is 4.79. The molecule has 3 aromatic rings. The second-order valence-corrected chi connectivity index (χ2v) is 9.82. The highest BCUT2D eigenvalue weighted by Gasteiger charge is 2.27. The number of ether oxygens (including phenoxy) is 3. The van der Waals surface area contributed by atoms with E-state index < -0.39 is 0 Å². The third-order valence-electron chi connectivity index (χ3n) is 6.67. The van der Waals surface area contributed by atoms with E-state index in [1.54, 1.807) is 18.3 Å². The van der Waals surface area contributed by atoms with Crippen LogP contribution in [-0.2, 0) is 16.1 Å². The maximum Gasteiger partial charge on any atom is 0.232 e. The third-order valence-corrected chi connectivity index (χ3v) is 6.96. The van der Waals surface area contributed by atoms with Gasteiger partial charge < -0.3 is 19.1 Å². The van der Waals surface area contributed by atoms with Crippen molar-refractivity contribution in [2.75, 3.05) is 24.6 Å². The summed E-state index contributed by atoms with van der Waals surface area (Å²) in [7, 11) is 0. The zero-order valence-corrected chi connectivity index (χ0v) is 21.2. The van der Waals surface area contributed by atoms with Crippen LogP contribution in [0, 0.1) is 6.92 Å². The lowest BCUT2D eigenvalue weighted by Crippen LogP contribution is -2.26. The Morgan fingerprint density at radius 3 is 2.81 bits per heavy atom. The van der Waals surface area contributed by atoms with Crippen LogP contribution in [0.1, 0.15) is 52.7 Å². The van der Waals surface area contributed by atoms with Crippen LogP contribution in [0.4, 0.5) is 5.69 Å². The van der Waals surface area contributed by atoms with E-state index in [-0.39, 0.29) is 18.2 Å². The highest BCUT2D eigenvalue weighted by atomic mass is 35.5. The molecule has 2 saturated heterocycles. The Kier molecular flexibility index (Phi) is 7.85. The monoisotopic (exact) mass is 506 g/mol. The number of nitrogens with zero attached hydrogens (tertiary/aromatic N) is 2. The Morgan fingerprint density at radius 2 is 2.00 bits per heavy atom. The Morgan fingerprint density at radius 1 is 1.11 bits per heavy atom. The number of pyridine rings is 1. The number of halogens is 1. The van der Waals surface area contributed by atoms with Crippen LogP contribution in [0.25, 0.3) is 0 Å². The lowest BCUT2D eigenvalue weighted by Gasteiger charge is -2.26. The summed E-state index contributed by atoms with van der Waals surface area (Å²) in [6.07, 6.45) is 5.36. The fraction of sp³-hybridized carbons (Fsp3) is 0.379. The van der Waals surface area contributed by atoms with E-state index in [1.807, 2.05) is 49.4 Å². The largest absolute Gasteiger partial charge is 0.471 e. The van der Waals surface area contributed by atoms with Gasteiger partial charge in [0.15, 0.2) is 12.1 Å². The van der Waals surface area contributed by atoms with Crippen molar-refractivity contribution in [3.63, 3.8) is 0 Å². The summed E-state index contributed by atoms with van der Waals surface area (Å²) in [6, 6.07) is 17.2. The minimum absolute atomic E-state index is 0.00726. The van der Waals surface area contributed by atoms with Gasteiger partial charge >= 0.3 is 0 Å². The summed E-state index contributed by atoms with van der Waals surface area (Å²) >= 11 is 6.24. The molecule has 188 valence electrons. The molecule has 1 unspecified atom stereocenters. The molecule has 0 spiro atoms. The predicted octanol–water partition coefficient (Wildman–Crippen LogP) is 5.98. The molecule has 2 atom stereocenters. The molecule has 2 fully saturated rings. The van der Waals surface area contributed by atoms with Gasteiger partial charge in [-0.05, 0) is 62.6 Å². The molecule has 3 heterocycles. The Bertz CT molecular complexity index is 1210. The molecule has 2 aliphatic rings. The number of benzene rings is 2. The third kappa shape index (κ3) is 5.89. The highest BCUT2D eigenvalue weighted by Crippen LogP contribution is 2.31. The second kappa shape index (κ2) is 11.4. The standard InChI is InChI=1S/C29H31ClN2O4/c1-20-6-4-7-21(16-20)28(33)22-10-11-26(23(17-22)19-35-27-9-2-3-15-34-27)32-14-12-24(18-32)36-29-25(30)8-5-13-31-29/h4-8,10-11,13,16-17,24,27H,2-3,9,12,14-15,18-19H2,1H3/t24-,27?/m0/s1. The van der Waals surface area contributed by atoms with Crippen molar-refractivity contribution in [3.05, 3.63) is 88.1 Å². The molecule has 0 bridgehead atoms. The van der Waals surface area contributed by atoms with Gasteiger partial charge in [-0.3, -0.25) is 4.79 Å². The van der Waals surface area contributed by atoms with Crippen LogP contribution in [0.2, 0.25) is 5.02 Å². The van der Waals surface area contributed by atoms with Crippen molar-refractivity contribution in [1.82, 2.24) is 4.98 Å². The number of hydrogen-bond acceptors (Lipinski definition) is 6. The van der Waals surface area contributed by atoms with Gasteiger partial charge in [0, 0.05) is 48.1 Å². The van der Waals surface area contributed by atoms with Crippen molar-refractivity contribution in [1.29, 1.82) is 0 Å². The number of carbonyl (C=O) groups is 1. The predicted molar refractivity (Wildman–Crippen MR) is 140 cm³/mol. The number of hydrogen-bond donors (Lipinski definition) is 0. The maximum atomic E-state index is 13.3. The molecule has 2 aromatic carbocycles. The lowest BCUT2D eigenvalue weighted by molar-refractivity contribution is -0.168. The first-order chi connectivity index (χ1) is 17.6. The summed E-state index contributed by atoms with van der Waals surface area (Å²) < 4.78 is 18.0. The molecule has 0 radical (unpaired) electrons. The molecule has 0 amide bonds. The quantitative estimate of drug-likeness (QED) is 0.350. The van der Waals surface area contributed by atoms with Crippen LogP contribution in [0.5, 0.6) is 5.88 Å². The first kappa shape index (κ1) is 24.8. The normalized spacial score (nSPS) is 19.9. The average molecular weight is 507 g/mol. The van der Waals surface area contributed by atoms with Crippen molar-refractivity contribution in [2.24, 2.45) is 0 Å². The van der Waals surface area contributed by atoms with Crippen LogP contribution in [-0.4, -0.2) is 42.9 Å². The molecular weight excluding hydrogens is 476 g/mol. The smallest absolute Gasteiger partial charge is 0.232 e. The van der Waals surface area contributed by atoms with E-state index in [0.717, 1.165) is 55.6 Å². The zero-order chi connectivity index (χ0) is 24.9. The number of carbonyl (C=O) groups excluding carboxylic acids is 1. The summed E-state index contributed by atoms with van der Waals surface area (Å²) in [5, 5.41) is 0.511. The maximum absolute atomic E-state index is 13.3. The fourth-order valence-corrected chi connectivity index (χ4v) is 4.95. The number of aryl methyl sites for hydroxylation is 1. The van der Waals surface area contributed by atoms with E-state index in [0.29, 0.717) is 35.2 Å². The SMILES string of the molecule is Cc1cccc(C(=O)c2ccc(N3CC[C@H](Oc4ncccc4Cl)C3)c(COC3CCCCO3)c2)c1. The topological polar surface area (TPSA) is 60.9 Å². The highest BCUT2D eigenvalue weighted by molar-refractivity contribution is 6.31. The van der Waals surface area contributed by atoms with Gasteiger partial charge in [0.1, 0.15) is 11.1 Å². The number of anilines is 1. The van der Waals surface area contributed by atoms with E-state index in [9.17, 15) is 4.79 Å². The van der Waals surface area contributed by atoms with Crippen molar-refractivity contribution >= 4 is 23.1 Å². The average Bonchev–Trinajstić information content (AvgIpc) is 3.37. The molecular formula is C29H31ClN2O4. The van der Waals surface area contributed by atoms with Gasteiger partial charge in [-0.2, -0.15) is 0 Å². The molecule has 1 aromatic heterocycles. The van der Waals surface area contributed by atoms with Crippen molar-refractivity contribution in [2.45, 2.75) is 51.6 Å². The van der Waals surface area contributed by atoms with Crippen LogP contribution in [0.15, 0.2) is 60.8 Å². The molecule has 6 nitrogen and oxygen atoms in total. The van der Waals surface area contributed by atoms with Gasteiger partial charge in [0.2, 0.25) is 5.88 Å². The summed E-state index contributed by atoms with van der Waals surface area (Å²) in [5.74, 6) is 0.468. The minimum Gasteiger partial charge on any atom is -0.471 e. The number of aromatic nitrogens is 1. The molecule has 2 aliphatic heterocycles. The molecule has 0 saturated carbocycles. The van der Waals surface area contributed by atoms with Crippen LogP contribution in [0.3, 0.4) is 0 Å². The van der Waals surface area contributed by atoms with Crippen LogP contribution >= 0.6 is 11.6 Å². The number of ketones is 1. The van der Waals surface area contributed by atoms with Crippen molar-refractivity contribution in [3.8, 4) is 5.88 Å². The van der Waals surface area contributed by atoms with E-state index in [2.05, 4.69) is 9.88 Å². The van der Waals surface area contributed by atoms with Gasteiger partial charge in [-0.15, -0.1) is 0 Å². The molecule has 7 heteroatoms. The van der Waals surface area contributed by atoms with Gasteiger partial charge in [-0.1, -0.05) is 35.4 Å². The Labute approximate surface area is 217 Å². The number of rotatable bonds is 8. The summed E-state index contributed by atoms with van der Waals surface area (Å²) in [6.45, 7) is 4.62. The zero-order valence-electron chi connectivity index (χ0n) is 20.5. The Hall–Kier alpha value is -2.93. The minimum atomic E-state index is -0.205. The van der Waals surface area contributed by atoms with E-state index in [4.69, 9.17) is 25.8 Å². The Balaban J connectivity index is 1.36. The van der Waals surface area contributed by atoms with Gasteiger partial charge in [-0.25, -0.2) is 4.98 Å². The molecule has 0 N–H and O–H groups in total. The summed E-state index contributed by atoms with van der Waals surface area (Å²) in [4.78, 5) is 19.8. The molecule has 36 heavy (non-hydrogen) atoms.